The molecule has 8 unspecified atom stereocenters. The third-order valence-corrected chi connectivity index (χ3v) is 14.4. The van der Waals surface area contributed by atoms with Gasteiger partial charge in [0.25, 0.3) is 0 Å². The van der Waals surface area contributed by atoms with E-state index in [0.29, 0.717) is 0 Å². The summed E-state index contributed by atoms with van der Waals surface area (Å²) in [6.45, 7) is 6.24. The Labute approximate surface area is 228 Å². The van der Waals surface area contributed by atoms with E-state index in [1.165, 1.54) is 96.4 Å². The Morgan fingerprint density at radius 3 is 2.24 bits per heavy atom. The van der Waals surface area contributed by atoms with Crippen LogP contribution in [0, 0.1) is 30.1 Å². The van der Waals surface area contributed by atoms with Gasteiger partial charge in [0, 0.05) is 35.0 Å². The average molecular weight is 582 g/mol. The monoisotopic (exact) mass is 581 g/mol. The van der Waals surface area contributed by atoms with Crippen LogP contribution in [0.2, 0.25) is 0 Å². The van der Waals surface area contributed by atoms with Gasteiger partial charge in [-0.05, 0) is 64.6 Å². The van der Waals surface area contributed by atoms with Crippen molar-refractivity contribution in [3.05, 3.63) is 11.7 Å². The first-order valence-corrected chi connectivity index (χ1v) is 17.2. The summed E-state index contributed by atoms with van der Waals surface area (Å²) in [5.41, 5.74) is 2.17. The first kappa shape index (κ1) is 29.6. The maximum absolute atomic E-state index is 5.07. The summed E-state index contributed by atoms with van der Waals surface area (Å²) >= 11 is 0. The SMILES string of the molecule is CC(C1[CH-]CCC2CCCCC21)N(C)C.C[PH+](C1CCCCC1)C1CCCC2CCC[N-]C21.[Pd]. The molecule has 5 fully saturated rings. The first-order valence-electron chi connectivity index (χ1n) is 15.1. The van der Waals surface area contributed by atoms with Crippen LogP contribution in [0.5, 0.6) is 0 Å². The molecule has 5 aliphatic rings. The van der Waals surface area contributed by atoms with Gasteiger partial charge in [-0.25, -0.2) is 0 Å². The van der Waals surface area contributed by atoms with Crippen molar-refractivity contribution in [1.82, 2.24) is 4.90 Å². The van der Waals surface area contributed by atoms with Crippen molar-refractivity contribution >= 4 is 7.92 Å². The van der Waals surface area contributed by atoms with Crippen LogP contribution in [0.25, 0.3) is 5.32 Å². The molecule has 0 radical (unpaired) electrons. The van der Waals surface area contributed by atoms with Crippen molar-refractivity contribution in [2.75, 3.05) is 27.3 Å². The molecule has 5 rings (SSSR count). The Kier molecular flexibility index (Phi) is 12.9. The Balaban J connectivity index is 0.000000188. The van der Waals surface area contributed by atoms with E-state index < -0.39 is 0 Å². The molecule has 0 spiro atoms. The molecule has 4 saturated carbocycles. The van der Waals surface area contributed by atoms with E-state index in [4.69, 9.17) is 5.32 Å². The second-order valence-electron chi connectivity index (χ2n) is 12.7. The predicted octanol–water partition coefficient (Wildman–Crippen LogP) is 8.22. The molecule has 0 amide bonds. The zero-order valence-electron chi connectivity index (χ0n) is 22.9. The Bertz CT molecular complexity index is 562. The van der Waals surface area contributed by atoms with E-state index in [9.17, 15) is 0 Å². The van der Waals surface area contributed by atoms with Gasteiger partial charge in [0.1, 0.15) is 0 Å². The van der Waals surface area contributed by atoms with Gasteiger partial charge < -0.3 is 16.6 Å². The van der Waals surface area contributed by atoms with Crippen LogP contribution in [0.15, 0.2) is 0 Å². The zero-order valence-corrected chi connectivity index (χ0v) is 25.5. The minimum absolute atomic E-state index is 0. The second-order valence-corrected chi connectivity index (χ2v) is 15.8. The molecule has 0 N–H and O–H groups in total. The minimum Gasteiger partial charge on any atom is -0.656 e. The molecule has 1 aliphatic heterocycles. The first-order chi connectivity index (χ1) is 16.1. The molecule has 0 aromatic rings. The maximum Gasteiger partial charge on any atom is 0.0674 e. The van der Waals surface area contributed by atoms with Gasteiger partial charge in [-0.1, -0.05) is 82.6 Å². The Hall–Kier alpha value is 1.01. The zero-order chi connectivity index (χ0) is 23.2. The standard InChI is InChI=1S/C16H29NP.C14H26N.Pd/c1-18(14-9-3-2-4-10-14)15-11-5-7-13-8-6-12-17-16(13)15;1-11(15(2)3)13-10-6-8-12-7-4-5-9-14(12)13;/h13-16H,2-12H2,1H3;10-14H,4-9H2,1-3H3;/q2*-1;/p+1. The second kappa shape index (κ2) is 14.8. The van der Waals surface area contributed by atoms with E-state index in [1.54, 1.807) is 12.8 Å². The average Bonchev–Trinajstić information content (AvgIpc) is 2.88. The number of rotatable bonds is 4. The summed E-state index contributed by atoms with van der Waals surface area (Å²) in [4.78, 5) is 2.40. The van der Waals surface area contributed by atoms with Crippen molar-refractivity contribution < 1.29 is 20.4 Å². The van der Waals surface area contributed by atoms with Crippen LogP contribution in [-0.2, 0) is 20.4 Å². The summed E-state index contributed by atoms with van der Waals surface area (Å²) in [7, 11) is 4.30. The molecule has 34 heavy (non-hydrogen) atoms. The van der Waals surface area contributed by atoms with Crippen LogP contribution in [-0.4, -0.2) is 55.6 Å². The van der Waals surface area contributed by atoms with Gasteiger partial charge in [0.2, 0.25) is 0 Å². The molecule has 2 nitrogen and oxygen atoms in total. The maximum atomic E-state index is 5.07. The minimum atomic E-state index is -0.153. The molecule has 0 bridgehead atoms. The van der Waals surface area contributed by atoms with Crippen molar-refractivity contribution in [3.63, 3.8) is 0 Å². The van der Waals surface area contributed by atoms with Gasteiger partial charge >= 0.3 is 0 Å². The summed E-state index contributed by atoms with van der Waals surface area (Å²) in [6, 6.07) is 1.53. The molecule has 4 aliphatic carbocycles. The topological polar surface area (TPSA) is 17.3 Å². The van der Waals surface area contributed by atoms with Crippen LogP contribution >= 0.6 is 7.92 Å². The van der Waals surface area contributed by atoms with E-state index in [1.807, 2.05) is 0 Å². The van der Waals surface area contributed by atoms with Crippen molar-refractivity contribution in [2.45, 2.75) is 133 Å². The van der Waals surface area contributed by atoms with Gasteiger partial charge in [-0.3, -0.25) is 0 Å². The molecule has 8 atom stereocenters. The number of nitrogens with zero attached hydrogens (tertiary/aromatic N) is 2. The summed E-state index contributed by atoms with van der Waals surface area (Å²) in [6.07, 6.45) is 26.5. The number of hydrogen-bond donors (Lipinski definition) is 0. The normalized spacial score (nSPS) is 38.4. The van der Waals surface area contributed by atoms with Crippen molar-refractivity contribution in [3.8, 4) is 0 Å². The number of hydrogen-bond acceptors (Lipinski definition) is 1. The molecule has 1 saturated heterocycles. The fourth-order valence-corrected chi connectivity index (χ4v) is 12.0. The van der Waals surface area contributed by atoms with Crippen LogP contribution < -0.4 is 0 Å². The molecule has 0 aromatic heterocycles. The van der Waals surface area contributed by atoms with E-state index in [-0.39, 0.29) is 28.3 Å². The van der Waals surface area contributed by atoms with Gasteiger partial charge in [0.05, 0.1) is 11.3 Å². The summed E-state index contributed by atoms with van der Waals surface area (Å²) < 4.78 is 0. The number of fused-ring (bicyclic) bond motifs is 2. The van der Waals surface area contributed by atoms with Crippen LogP contribution in [0.1, 0.15) is 110 Å². The Morgan fingerprint density at radius 2 is 1.47 bits per heavy atom. The molecule has 4 heteroatoms. The largest absolute Gasteiger partial charge is 0.656 e. The molecular formula is C30H56N2PPd-. The molecular weight excluding hydrogens is 526 g/mol. The predicted molar refractivity (Wildman–Crippen MR) is 149 cm³/mol. The van der Waals surface area contributed by atoms with E-state index in [2.05, 4.69) is 39.0 Å². The fourth-order valence-electron chi connectivity index (χ4n) is 8.49. The van der Waals surface area contributed by atoms with Gasteiger partial charge in [0.15, 0.2) is 0 Å². The third-order valence-electron chi connectivity index (χ3n) is 10.7. The van der Waals surface area contributed by atoms with Gasteiger partial charge in [-0.2, -0.15) is 6.42 Å². The Morgan fingerprint density at radius 1 is 0.794 bits per heavy atom. The molecule has 1 heterocycles. The van der Waals surface area contributed by atoms with E-state index in [0.717, 1.165) is 47.1 Å². The summed E-state index contributed by atoms with van der Waals surface area (Å²) in [5.74, 6) is 3.90. The molecule has 202 valence electrons. The third kappa shape index (κ3) is 7.53. The quantitative estimate of drug-likeness (QED) is 0.186. The van der Waals surface area contributed by atoms with Crippen molar-refractivity contribution in [1.29, 1.82) is 0 Å². The molecule has 0 aromatic carbocycles. The van der Waals surface area contributed by atoms with Crippen LogP contribution in [0.3, 0.4) is 0 Å². The van der Waals surface area contributed by atoms with E-state index >= 15 is 0 Å². The van der Waals surface area contributed by atoms with Crippen molar-refractivity contribution in [2.24, 2.45) is 23.7 Å². The van der Waals surface area contributed by atoms with Gasteiger partial charge in [-0.15, -0.1) is 12.5 Å². The summed E-state index contributed by atoms with van der Waals surface area (Å²) in [5, 5.41) is 5.07. The number of piperidine rings is 1. The smallest absolute Gasteiger partial charge is 0.0674 e. The van der Waals surface area contributed by atoms with Crippen LogP contribution in [0.4, 0.5) is 0 Å². The fraction of sp³-hybridized carbons (Fsp3) is 0.967.